The van der Waals surface area contributed by atoms with Gasteiger partial charge in [-0.15, -0.1) is 12.3 Å². The summed E-state index contributed by atoms with van der Waals surface area (Å²) in [5, 5.41) is 19.6. The first-order chi connectivity index (χ1) is 35.6. The van der Waals surface area contributed by atoms with Gasteiger partial charge in [-0.25, -0.2) is 5.06 Å². The molecule has 0 aromatic heterocycles. The summed E-state index contributed by atoms with van der Waals surface area (Å²) in [6.45, 7) is 22.6. The first-order valence-corrected chi connectivity index (χ1v) is 27.8. The summed E-state index contributed by atoms with van der Waals surface area (Å²) < 4.78 is 10.0. The average molecular weight is 1080 g/mol. The van der Waals surface area contributed by atoms with E-state index in [1.165, 1.54) is 6.92 Å². The number of nitrogens with one attached hydrogen (secondary N) is 8. The van der Waals surface area contributed by atoms with Crippen molar-refractivity contribution in [2.75, 3.05) is 26.7 Å². The number of terminal acetylenes is 1. The molecule has 75 heavy (non-hydrogen) atoms. The van der Waals surface area contributed by atoms with Gasteiger partial charge in [0.1, 0.15) is 24.2 Å². The molecule has 21 nitrogen and oxygen atoms in total. The third kappa shape index (κ3) is 35.5. The summed E-state index contributed by atoms with van der Waals surface area (Å²) >= 11 is 0.0401. The minimum atomic E-state index is -1.55. The average Bonchev–Trinajstić information content (AvgIpc) is 3.37. The Kier molecular flexibility index (Phi) is 45.2. The van der Waals surface area contributed by atoms with Gasteiger partial charge in [-0.05, 0) is 37.5 Å². The van der Waals surface area contributed by atoms with Crippen molar-refractivity contribution in [3.8, 4) is 12.3 Å². The zero-order valence-corrected chi connectivity index (χ0v) is 48.3. The zero-order chi connectivity index (χ0) is 57.9. The van der Waals surface area contributed by atoms with E-state index in [0.717, 1.165) is 76.4 Å². The van der Waals surface area contributed by atoms with E-state index in [1.54, 1.807) is 27.7 Å². The number of hydrogen-bond acceptors (Lipinski definition) is 13. The van der Waals surface area contributed by atoms with Crippen LogP contribution in [0.2, 0.25) is 0 Å². The second-order valence-corrected chi connectivity index (χ2v) is 19.2. The number of hydroxylamine groups is 2. The Balaban J connectivity index is -0.0000126. The molecule has 0 fully saturated rings. The van der Waals surface area contributed by atoms with Crippen LogP contribution < -0.4 is 48.3 Å². The molecule has 0 aliphatic rings. The predicted octanol–water partition coefficient (Wildman–Crippen LogP) is 4.84. The van der Waals surface area contributed by atoms with Crippen molar-refractivity contribution in [3.05, 3.63) is 12.3 Å². The van der Waals surface area contributed by atoms with E-state index in [9.17, 15) is 47.7 Å². The van der Waals surface area contributed by atoms with Crippen LogP contribution in [0.15, 0.2) is 12.3 Å². The van der Waals surface area contributed by atoms with Crippen LogP contribution >= 0.6 is 12.0 Å². The molecule has 432 valence electrons. The van der Waals surface area contributed by atoms with Gasteiger partial charge in [0.05, 0.1) is 32.8 Å². The standard InChI is InChI=1S/C49H86N10O11S.2C2H6/c1-11-14-16-18-20-22-25-37(44(64)51-29-41(61)55-36(24-13-3)34(8)50)56-42(62)30-52-47(67)40(28-33(6)7)59(70-10)43(63)31-53-45(65)39(27-32(4)5)57-48(68)49(71-69)58-46(66)38(54-35(9)60)26-23-21-19-17-15-12-2;2*1-2/h3,32-33,36-40,49,69H,8,11-12,14-31,50H2,1-2,4-7,9-10H3,(H,51,64)(H,52,67)(H,53,65)(H,54,60)(H,55,61)(H,56,62)(H,57,68)(H,58,66);2*1-2H3. The molecule has 0 heterocycles. The molecule has 0 rings (SSSR count). The molecule has 0 saturated heterocycles. The Labute approximate surface area is 453 Å². The first-order valence-electron chi connectivity index (χ1n) is 27.0. The van der Waals surface area contributed by atoms with Crippen LogP contribution in [0.1, 0.15) is 185 Å². The molecule has 0 radical (unpaired) electrons. The Morgan fingerprint density at radius 3 is 1.48 bits per heavy atom. The number of hydrogen-bond donors (Lipinski definition) is 10. The number of unbranched alkanes of at least 4 members (excludes halogenated alkanes) is 10. The van der Waals surface area contributed by atoms with Crippen molar-refractivity contribution in [1.29, 1.82) is 0 Å². The zero-order valence-electron chi connectivity index (χ0n) is 47.5. The van der Waals surface area contributed by atoms with Crippen molar-refractivity contribution in [2.24, 2.45) is 17.6 Å². The van der Waals surface area contributed by atoms with E-state index in [1.807, 2.05) is 27.7 Å². The normalized spacial score (nSPS) is 12.9. The third-order valence-corrected chi connectivity index (χ3v) is 11.6. The largest absolute Gasteiger partial charge is 0.401 e. The highest BCUT2D eigenvalue weighted by Crippen LogP contribution is 2.15. The SMILES string of the molecule is C#CCC(NC(=O)CNC(=O)C(CCCCCCCC)NC(=O)CNC(=O)C(CC(C)C)N(OC)C(=O)CNC(=O)C(CC(C)C)NC(=O)C(NC(=O)C(CCCCCCCC)NC(C)=O)SO)C(=C)N.CC.CC. The Morgan fingerprint density at radius 1 is 0.600 bits per heavy atom. The smallest absolute Gasteiger partial charge is 0.266 e. The molecule has 0 aliphatic carbocycles. The lowest BCUT2D eigenvalue weighted by Gasteiger charge is -2.30. The maximum Gasteiger partial charge on any atom is 0.266 e. The van der Waals surface area contributed by atoms with E-state index in [0.29, 0.717) is 19.3 Å². The highest BCUT2D eigenvalue weighted by molar-refractivity contribution is 7.95. The van der Waals surface area contributed by atoms with Crippen LogP contribution in [0, 0.1) is 24.2 Å². The molecule has 0 bridgehead atoms. The van der Waals surface area contributed by atoms with Gasteiger partial charge in [0.25, 0.3) is 11.8 Å². The molecular formula is C53H98N10O11S. The van der Waals surface area contributed by atoms with Crippen LogP contribution in [0.3, 0.4) is 0 Å². The van der Waals surface area contributed by atoms with E-state index >= 15 is 0 Å². The van der Waals surface area contributed by atoms with Crippen LogP contribution in [0.25, 0.3) is 0 Å². The molecule has 0 saturated carbocycles. The number of carbonyl (C=O) groups excluding carboxylic acids is 9. The summed E-state index contributed by atoms with van der Waals surface area (Å²) in [4.78, 5) is 124. The summed E-state index contributed by atoms with van der Waals surface area (Å²) in [6, 6.07) is -5.20. The molecule has 0 aliphatic heterocycles. The Hall–Kier alpha value is -5.40. The van der Waals surface area contributed by atoms with Crippen LogP contribution in [-0.4, -0.2) is 125 Å². The van der Waals surface area contributed by atoms with E-state index < -0.39 is 108 Å². The van der Waals surface area contributed by atoms with Crippen molar-refractivity contribution in [3.63, 3.8) is 0 Å². The lowest BCUT2D eigenvalue weighted by atomic mass is 10.0. The Bertz CT molecular complexity index is 1750. The second kappa shape index (κ2) is 45.9. The van der Waals surface area contributed by atoms with Gasteiger partial charge < -0.3 is 52.8 Å². The fraction of sp³-hybridized carbons (Fsp3) is 0.755. The van der Waals surface area contributed by atoms with Gasteiger partial charge >= 0.3 is 0 Å². The number of nitrogens with two attached hydrogens (primary N) is 1. The number of nitrogens with zero attached hydrogens (tertiary/aromatic N) is 1. The van der Waals surface area contributed by atoms with Gasteiger partial charge in [-0.1, -0.05) is 153 Å². The summed E-state index contributed by atoms with van der Waals surface area (Å²) in [6.07, 6.45) is 17.4. The molecule has 6 atom stereocenters. The van der Waals surface area contributed by atoms with E-state index in [2.05, 4.69) is 68.9 Å². The highest BCUT2D eigenvalue weighted by Gasteiger charge is 2.34. The fourth-order valence-electron chi connectivity index (χ4n) is 7.34. The van der Waals surface area contributed by atoms with Crippen LogP contribution in [0.4, 0.5) is 0 Å². The van der Waals surface area contributed by atoms with Crippen molar-refractivity contribution in [2.45, 2.75) is 221 Å². The van der Waals surface area contributed by atoms with Crippen LogP contribution in [0.5, 0.6) is 0 Å². The lowest BCUT2D eigenvalue weighted by Crippen LogP contribution is -2.57. The molecule has 0 aromatic rings. The number of carbonyl (C=O) groups is 9. The quantitative estimate of drug-likeness (QED) is 0.0130. The minimum absolute atomic E-state index is 0.0401. The summed E-state index contributed by atoms with van der Waals surface area (Å²) in [5.41, 5.74) is 5.88. The van der Waals surface area contributed by atoms with Crippen molar-refractivity contribution in [1.82, 2.24) is 47.6 Å². The van der Waals surface area contributed by atoms with Gasteiger partial charge in [0, 0.05) is 31.1 Å². The summed E-state index contributed by atoms with van der Waals surface area (Å²) in [7, 11) is 1.16. The molecule has 9 amide bonds. The molecule has 0 spiro atoms. The van der Waals surface area contributed by atoms with Crippen molar-refractivity contribution >= 4 is 65.2 Å². The number of amides is 9. The van der Waals surface area contributed by atoms with E-state index in [4.69, 9.17) is 17.0 Å². The third-order valence-electron chi connectivity index (χ3n) is 11.1. The van der Waals surface area contributed by atoms with Gasteiger partial charge in [0.15, 0.2) is 5.37 Å². The van der Waals surface area contributed by atoms with Gasteiger partial charge in [0.2, 0.25) is 41.4 Å². The van der Waals surface area contributed by atoms with Crippen molar-refractivity contribution < 1.29 is 52.5 Å². The fourth-order valence-corrected chi connectivity index (χ4v) is 7.67. The van der Waals surface area contributed by atoms with Gasteiger partial charge in [-0.3, -0.25) is 48.0 Å². The monoisotopic (exact) mass is 1080 g/mol. The first kappa shape index (κ1) is 73.8. The lowest BCUT2D eigenvalue weighted by molar-refractivity contribution is -0.192. The predicted molar refractivity (Wildman–Crippen MR) is 297 cm³/mol. The van der Waals surface area contributed by atoms with E-state index in [-0.39, 0.29) is 55.3 Å². The molecule has 0 aromatic carbocycles. The summed E-state index contributed by atoms with van der Waals surface area (Å²) in [5.74, 6) is -4.24. The topological polar surface area (TPSA) is 309 Å². The molecule has 6 unspecified atom stereocenters. The maximum absolute atomic E-state index is 13.7. The van der Waals surface area contributed by atoms with Gasteiger partial charge in [-0.2, -0.15) is 0 Å². The Morgan fingerprint density at radius 2 is 1.04 bits per heavy atom. The molecule has 11 N–H and O–H groups in total. The van der Waals surface area contributed by atoms with Crippen LogP contribution in [-0.2, 0) is 48.0 Å². The minimum Gasteiger partial charge on any atom is -0.401 e. The highest BCUT2D eigenvalue weighted by atomic mass is 32.2. The molecular weight excluding hydrogens is 985 g/mol. The maximum atomic E-state index is 13.7. The second-order valence-electron chi connectivity index (χ2n) is 18.5. The number of rotatable bonds is 39. The molecule has 22 heteroatoms.